The number of carboxylic acids is 1. The lowest BCUT2D eigenvalue weighted by atomic mass is 9.87. The molecule has 0 fully saturated rings. The lowest BCUT2D eigenvalue weighted by Gasteiger charge is -2.25. The third-order valence-electron chi connectivity index (χ3n) is 5.39. The SMILES string of the molecule is CC(C)c1cc(C#N)cc(-c2ccnc(OCC(C)(C)n3cc(S(N)=O)cn3)c2)c1CC(=O)O. The molecule has 0 amide bonds. The number of nitrogens with zero attached hydrogens (tertiary/aromatic N) is 4. The van der Waals surface area contributed by atoms with Gasteiger partial charge in [0.15, 0.2) is 0 Å². The molecule has 2 heterocycles. The van der Waals surface area contributed by atoms with Crippen LogP contribution in [0.5, 0.6) is 5.88 Å². The molecule has 0 aliphatic heterocycles. The minimum Gasteiger partial charge on any atom is -0.481 e. The van der Waals surface area contributed by atoms with Crippen LogP contribution in [0.25, 0.3) is 11.1 Å². The summed E-state index contributed by atoms with van der Waals surface area (Å²) in [5, 5.41) is 28.7. The van der Waals surface area contributed by atoms with E-state index < -0.39 is 22.5 Å². The van der Waals surface area contributed by atoms with E-state index in [1.165, 1.54) is 6.20 Å². The number of pyridine rings is 1. The number of hydrogen-bond acceptors (Lipinski definition) is 6. The van der Waals surface area contributed by atoms with E-state index in [0.29, 0.717) is 33.0 Å². The van der Waals surface area contributed by atoms with Gasteiger partial charge in [-0.3, -0.25) is 9.48 Å². The molecule has 10 heteroatoms. The second-order valence-electron chi connectivity index (χ2n) is 8.83. The average molecular weight is 482 g/mol. The van der Waals surface area contributed by atoms with Gasteiger partial charge in [0.1, 0.15) is 17.6 Å². The van der Waals surface area contributed by atoms with Crippen LogP contribution in [0.15, 0.2) is 47.8 Å². The van der Waals surface area contributed by atoms with Gasteiger partial charge < -0.3 is 9.84 Å². The fraction of sp³-hybridized carbons (Fsp3) is 0.333. The molecule has 0 aliphatic rings. The molecule has 0 saturated heterocycles. The van der Waals surface area contributed by atoms with Crippen LogP contribution in [0.4, 0.5) is 0 Å². The Labute approximate surface area is 200 Å². The van der Waals surface area contributed by atoms with Crippen LogP contribution < -0.4 is 9.88 Å². The topological polar surface area (TPSA) is 144 Å². The van der Waals surface area contributed by atoms with Crippen molar-refractivity contribution >= 4 is 17.0 Å². The molecule has 178 valence electrons. The molecule has 0 bridgehead atoms. The maximum Gasteiger partial charge on any atom is 0.307 e. The molecule has 34 heavy (non-hydrogen) atoms. The highest BCUT2D eigenvalue weighted by molar-refractivity contribution is 7.82. The van der Waals surface area contributed by atoms with Crippen LogP contribution >= 0.6 is 0 Å². The zero-order valence-electron chi connectivity index (χ0n) is 19.5. The number of nitrogens with two attached hydrogens (primary N) is 1. The zero-order valence-corrected chi connectivity index (χ0v) is 20.3. The van der Waals surface area contributed by atoms with Crippen molar-refractivity contribution in [3.05, 3.63) is 59.5 Å². The van der Waals surface area contributed by atoms with Crippen LogP contribution in [0.2, 0.25) is 0 Å². The number of aromatic nitrogens is 3. The lowest BCUT2D eigenvalue weighted by Crippen LogP contribution is -2.34. The molecule has 0 saturated carbocycles. The van der Waals surface area contributed by atoms with Gasteiger partial charge in [-0.25, -0.2) is 14.3 Å². The Morgan fingerprint density at radius 2 is 2.09 bits per heavy atom. The van der Waals surface area contributed by atoms with Gasteiger partial charge in [-0.1, -0.05) is 13.8 Å². The monoisotopic (exact) mass is 481 g/mol. The number of nitriles is 1. The molecule has 3 aromatic rings. The van der Waals surface area contributed by atoms with Crippen molar-refractivity contribution in [2.45, 2.75) is 50.5 Å². The zero-order chi connectivity index (χ0) is 25.0. The molecule has 0 aliphatic carbocycles. The normalized spacial score (nSPS) is 12.4. The fourth-order valence-corrected chi connectivity index (χ4v) is 3.95. The Balaban J connectivity index is 1.94. The number of rotatable bonds is 9. The van der Waals surface area contributed by atoms with Crippen molar-refractivity contribution in [1.29, 1.82) is 5.26 Å². The highest BCUT2D eigenvalue weighted by Crippen LogP contribution is 2.33. The Morgan fingerprint density at radius 1 is 1.35 bits per heavy atom. The standard InChI is InChI=1S/C24H27N5O4S/c1-15(2)19-7-16(11-25)8-20(21(19)10-23(30)31)17-5-6-27-22(9-17)33-14-24(3,4)29-13-18(12-28-29)34(26)32/h5-9,12-13,15H,10,14,26H2,1-4H3,(H,30,31). The van der Waals surface area contributed by atoms with Crippen molar-refractivity contribution in [3.63, 3.8) is 0 Å². The fourth-order valence-electron chi connectivity index (χ4n) is 3.59. The van der Waals surface area contributed by atoms with E-state index in [0.717, 1.165) is 5.56 Å². The first-order valence-corrected chi connectivity index (χ1v) is 11.8. The van der Waals surface area contributed by atoms with E-state index >= 15 is 0 Å². The van der Waals surface area contributed by atoms with E-state index in [1.54, 1.807) is 41.3 Å². The second-order valence-corrected chi connectivity index (χ2v) is 9.90. The van der Waals surface area contributed by atoms with Crippen LogP contribution in [-0.2, 0) is 27.7 Å². The molecule has 1 aromatic carbocycles. The van der Waals surface area contributed by atoms with Gasteiger partial charge in [-0.05, 0) is 60.2 Å². The summed E-state index contributed by atoms with van der Waals surface area (Å²) in [6, 6.07) is 9.11. The van der Waals surface area contributed by atoms with E-state index in [-0.39, 0.29) is 18.9 Å². The first kappa shape index (κ1) is 25.1. The summed E-state index contributed by atoms with van der Waals surface area (Å²) in [5.74, 6) is -0.561. The van der Waals surface area contributed by atoms with Crippen LogP contribution in [0.1, 0.15) is 50.3 Å². The number of carbonyl (C=O) groups is 1. The van der Waals surface area contributed by atoms with E-state index in [1.807, 2.05) is 27.7 Å². The minimum atomic E-state index is -1.62. The number of benzene rings is 1. The first-order valence-electron chi connectivity index (χ1n) is 10.6. The maximum absolute atomic E-state index is 11.6. The summed E-state index contributed by atoms with van der Waals surface area (Å²) in [7, 11) is -1.62. The molecule has 9 nitrogen and oxygen atoms in total. The molecule has 1 unspecified atom stereocenters. The smallest absolute Gasteiger partial charge is 0.307 e. The van der Waals surface area contributed by atoms with Gasteiger partial charge in [0.2, 0.25) is 5.88 Å². The van der Waals surface area contributed by atoms with Crippen molar-refractivity contribution < 1.29 is 18.8 Å². The van der Waals surface area contributed by atoms with Gasteiger partial charge in [0, 0.05) is 18.5 Å². The van der Waals surface area contributed by atoms with Gasteiger partial charge in [0.25, 0.3) is 0 Å². The third kappa shape index (κ3) is 5.68. The van der Waals surface area contributed by atoms with Crippen LogP contribution in [0.3, 0.4) is 0 Å². The predicted octanol–water partition coefficient (Wildman–Crippen LogP) is 3.36. The van der Waals surface area contributed by atoms with Gasteiger partial charge in [-0.2, -0.15) is 10.4 Å². The molecular weight excluding hydrogens is 454 g/mol. The molecule has 0 radical (unpaired) electrons. The lowest BCUT2D eigenvalue weighted by molar-refractivity contribution is -0.136. The van der Waals surface area contributed by atoms with E-state index in [4.69, 9.17) is 9.88 Å². The highest BCUT2D eigenvalue weighted by Gasteiger charge is 2.24. The molecule has 0 spiro atoms. The molecule has 3 rings (SSSR count). The maximum atomic E-state index is 11.6. The number of hydrogen-bond donors (Lipinski definition) is 2. The Hall–Kier alpha value is -3.55. The highest BCUT2D eigenvalue weighted by atomic mass is 32.2. The van der Waals surface area contributed by atoms with Gasteiger partial charge >= 0.3 is 5.97 Å². The first-order chi connectivity index (χ1) is 16.0. The Bertz CT molecular complexity index is 1280. The van der Waals surface area contributed by atoms with Crippen molar-refractivity contribution in [1.82, 2.24) is 14.8 Å². The summed E-state index contributed by atoms with van der Waals surface area (Å²) < 4.78 is 19.1. The van der Waals surface area contributed by atoms with Gasteiger partial charge in [-0.15, -0.1) is 0 Å². The van der Waals surface area contributed by atoms with Crippen LogP contribution in [0, 0.1) is 11.3 Å². The molecule has 1 atom stereocenters. The molecular formula is C24H27N5O4S. The molecule has 2 aromatic heterocycles. The third-order valence-corrected chi connectivity index (χ3v) is 6.07. The quantitative estimate of drug-likeness (QED) is 0.477. The second kappa shape index (κ2) is 10.2. The van der Waals surface area contributed by atoms with Crippen molar-refractivity contribution in [3.8, 4) is 23.1 Å². The minimum absolute atomic E-state index is 0.0431. The summed E-state index contributed by atoms with van der Waals surface area (Å²) >= 11 is 0. The molecule has 3 N–H and O–H groups in total. The van der Waals surface area contributed by atoms with Gasteiger partial charge in [0.05, 0.1) is 34.7 Å². The van der Waals surface area contributed by atoms with Crippen LogP contribution in [-0.4, -0.2) is 36.7 Å². The summed E-state index contributed by atoms with van der Waals surface area (Å²) in [5.41, 5.74) is 2.73. The Morgan fingerprint density at radius 3 is 2.68 bits per heavy atom. The number of ether oxygens (including phenoxy) is 1. The summed E-state index contributed by atoms with van der Waals surface area (Å²) in [6.45, 7) is 7.96. The number of aliphatic carboxylic acids is 1. The van der Waals surface area contributed by atoms with Crippen molar-refractivity contribution in [2.24, 2.45) is 5.14 Å². The summed E-state index contributed by atoms with van der Waals surface area (Å²) in [4.78, 5) is 16.3. The summed E-state index contributed by atoms with van der Waals surface area (Å²) in [6.07, 6.45) is 4.49. The Kier molecular flexibility index (Phi) is 7.49. The van der Waals surface area contributed by atoms with Crippen molar-refractivity contribution in [2.75, 3.05) is 6.61 Å². The number of carboxylic acid groups (broad SMARTS) is 1. The van der Waals surface area contributed by atoms with E-state index in [2.05, 4.69) is 16.2 Å². The largest absolute Gasteiger partial charge is 0.481 e. The predicted molar refractivity (Wildman–Crippen MR) is 127 cm³/mol. The van der Waals surface area contributed by atoms with E-state index in [9.17, 15) is 19.4 Å². The average Bonchev–Trinajstić information content (AvgIpc) is 3.29.